The van der Waals surface area contributed by atoms with Crippen molar-refractivity contribution in [3.63, 3.8) is 0 Å². The van der Waals surface area contributed by atoms with Crippen molar-refractivity contribution in [3.05, 3.63) is 48.2 Å². The van der Waals surface area contributed by atoms with Crippen molar-refractivity contribution in [2.24, 2.45) is 5.92 Å². The van der Waals surface area contributed by atoms with Gasteiger partial charge in [-0.3, -0.25) is 4.40 Å². The number of hydrogen-bond acceptors (Lipinski definition) is 5. The van der Waals surface area contributed by atoms with Crippen LogP contribution in [-0.2, 0) is 0 Å². The number of aryl methyl sites for hydroxylation is 1. The Morgan fingerprint density at radius 2 is 2.07 bits per heavy atom. The van der Waals surface area contributed by atoms with Gasteiger partial charge in [-0.25, -0.2) is 9.97 Å². The van der Waals surface area contributed by atoms with Gasteiger partial charge >= 0.3 is 0 Å². The van der Waals surface area contributed by atoms with Crippen LogP contribution in [0, 0.1) is 12.8 Å². The van der Waals surface area contributed by atoms with Gasteiger partial charge in [-0.2, -0.15) is 0 Å². The summed E-state index contributed by atoms with van der Waals surface area (Å²) in [7, 11) is 0. The van der Waals surface area contributed by atoms with Crippen LogP contribution >= 0.6 is 0 Å². The molecule has 0 unspecified atom stereocenters. The van der Waals surface area contributed by atoms with Crippen molar-refractivity contribution in [2.45, 2.75) is 45.1 Å². The van der Waals surface area contributed by atoms with E-state index in [0.717, 1.165) is 47.7 Å². The largest absolute Gasteiger partial charge is 0.367 e. The number of hydrogen-bond donors (Lipinski definition) is 2. The van der Waals surface area contributed by atoms with E-state index in [2.05, 4.69) is 60.8 Å². The van der Waals surface area contributed by atoms with Crippen molar-refractivity contribution < 1.29 is 0 Å². The van der Waals surface area contributed by atoms with E-state index >= 15 is 0 Å². The van der Waals surface area contributed by atoms with E-state index in [1.165, 1.54) is 5.56 Å². The molecule has 27 heavy (non-hydrogen) atoms. The van der Waals surface area contributed by atoms with Gasteiger partial charge in [0, 0.05) is 24.4 Å². The topological polar surface area (TPSA) is 83.8 Å². The quantitative estimate of drug-likeness (QED) is 0.579. The van der Waals surface area contributed by atoms with Gasteiger partial charge in [-0.1, -0.05) is 19.4 Å². The van der Waals surface area contributed by atoms with Crippen LogP contribution in [0.15, 0.2) is 36.8 Å². The summed E-state index contributed by atoms with van der Waals surface area (Å²) >= 11 is 0. The molecule has 0 amide bonds. The zero-order valence-electron chi connectivity index (χ0n) is 15.6. The smallest absolute Gasteiger partial charge is 0.179 e. The number of nitrogens with zero attached hydrogens (tertiary/aromatic N) is 5. The first-order valence-electron chi connectivity index (χ1n) is 9.59. The summed E-state index contributed by atoms with van der Waals surface area (Å²) in [5.74, 6) is 2.94. The lowest BCUT2D eigenvalue weighted by atomic mass is 9.93. The Morgan fingerprint density at radius 1 is 1.15 bits per heavy atom. The summed E-state index contributed by atoms with van der Waals surface area (Å²) in [6, 6.07) is 6.60. The first-order chi connectivity index (χ1) is 13.2. The second-order valence-corrected chi connectivity index (χ2v) is 7.53. The number of anilines is 1. The van der Waals surface area contributed by atoms with Gasteiger partial charge in [0.25, 0.3) is 0 Å². The third kappa shape index (κ3) is 2.74. The highest BCUT2D eigenvalue weighted by atomic mass is 15.3. The molecule has 4 aromatic heterocycles. The highest BCUT2D eigenvalue weighted by molar-refractivity contribution is 5.74. The van der Waals surface area contributed by atoms with Crippen LogP contribution in [0.1, 0.15) is 43.5 Å². The van der Waals surface area contributed by atoms with E-state index in [1.54, 1.807) is 6.20 Å². The van der Waals surface area contributed by atoms with E-state index in [-0.39, 0.29) is 0 Å². The average molecular weight is 361 g/mol. The van der Waals surface area contributed by atoms with Crippen molar-refractivity contribution >= 4 is 22.6 Å². The van der Waals surface area contributed by atoms with E-state index in [4.69, 9.17) is 0 Å². The number of nitrogens with one attached hydrogen (secondary N) is 2. The third-order valence-corrected chi connectivity index (χ3v) is 5.78. The second kappa shape index (κ2) is 6.33. The fourth-order valence-corrected chi connectivity index (χ4v) is 4.41. The Kier molecular flexibility index (Phi) is 3.81. The highest BCUT2D eigenvalue weighted by Crippen LogP contribution is 2.42. The number of rotatable bonds is 4. The predicted molar refractivity (Wildman–Crippen MR) is 105 cm³/mol. The molecule has 7 nitrogen and oxygen atoms in total. The van der Waals surface area contributed by atoms with E-state index in [0.29, 0.717) is 17.9 Å². The van der Waals surface area contributed by atoms with Crippen molar-refractivity contribution in [1.29, 1.82) is 0 Å². The fraction of sp³-hybridized carbons (Fsp3) is 0.400. The molecule has 1 fully saturated rings. The van der Waals surface area contributed by atoms with Gasteiger partial charge in [-0.15, -0.1) is 10.2 Å². The predicted octanol–water partition coefficient (Wildman–Crippen LogP) is 3.69. The number of aromatic nitrogens is 6. The molecule has 1 aliphatic carbocycles. The summed E-state index contributed by atoms with van der Waals surface area (Å²) in [5.41, 5.74) is 3.89. The standard InChI is InChI=1S/C20H23N7/c1-3-13-8-14(24-17-5-4-12(2)10-22-17)9-15(13)20-26-25-18-11-23-19-16(27(18)20)6-7-21-19/h4-7,10-11,13-15,21H,3,8-9H2,1-2H3,(H,22,24)/t13-,14+,15-/m0/s1. The Labute approximate surface area is 157 Å². The monoisotopic (exact) mass is 361 g/mol. The average Bonchev–Trinajstić information content (AvgIpc) is 3.39. The minimum Gasteiger partial charge on any atom is -0.367 e. The Hall–Kier alpha value is -2.96. The Balaban J connectivity index is 1.48. The van der Waals surface area contributed by atoms with Gasteiger partial charge in [0.05, 0.1) is 11.7 Å². The summed E-state index contributed by atoms with van der Waals surface area (Å²) in [6.45, 7) is 4.32. The van der Waals surface area contributed by atoms with E-state index in [9.17, 15) is 0 Å². The van der Waals surface area contributed by atoms with Crippen LogP contribution in [0.4, 0.5) is 5.82 Å². The lowest BCUT2D eigenvalue weighted by Crippen LogP contribution is -2.16. The van der Waals surface area contributed by atoms with Crippen LogP contribution in [-0.4, -0.2) is 35.6 Å². The molecule has 0 bridgehead atoms. The number of aromatic amines is 1. The second-order valence-electron chi connectivity index (χ2n) is 7.53. The fourth-order valence-electron chi connectivity index (χ4n) is 4.41. The molecule has 1 saturated carbocycles. The molecular formula is C20H23N7. The van der Waals surface area contributed by atoms with Crippen LogP contribution in [0.5, 0.6) is 0 Å². The Bertz CT molecular complexity index is 1080. The summed E-state index contributed by atoms with van der Waals surface area (Å²) in [4.78, 5) is 12.1. The number of H-pyrrole nitrogens is 1. The summed E-state index contributed by atoms with van der Waals surface area (Å²) in [6.07, 6.45) is 8.89. The van der Waals surface area contributed by atoms with Crippen LogP contribution in [0.3, 0.4) is 0 Å². The molecule has 4 heterocycles. The van der Waals surface area contributed by atoms with E-state index in [1.807, 2.05) is 18.5 Å². The lowest BCUT2D eigenvalue weighted by molar-refractivity contribution is 0.451. The molecule has 4 aromatic rings. The van der Waals surface area contributed by atoms with Gasteiger partial charge in [0.2, 0.25) is 0 Å². The van der Waals surface area contributed by atoms with Gasteiger partial charge in [0.1, 0.15) is 11.6 Å². The number of fused-ring (bicyclic) bond motifs is 3. The SMILES string of the molecule is CC[C@H]1C[C@@H](Nc2ccc(C)cn2)C[C@@H]1c1nnc2cnc3[nH]ccc3n12. The lowest BCUT2D eigenvalue weighted by Gasteiger charge is -2.15. The van der Waals surface area contributed by atoms with Gasteiger partial charge in [0.15, 0.2) is 11.3 Å². The number of pyridine rings is 1. The maximum absolute atomic E-state index is 4.57. The molecule has 0 radical (unpaired) electrons. The van der Waals surface area contributed by atoms with E-state index < -0.39 is 0 Å². The highest BCUT2D eigenvalue weighted by Gasteiger charge is 2.37. The Morgan fingerprint density at radius 3 is 2.89 bits per heavy atom. The zero-order chi connectivity index (χ0) is 18.4. The molecule has 7 heteroatoms. The maximum atomic E-state index is 4.57. The molecule has 3 atom stereocenters. The first-order valence-corrected chi connectivity index (χ1v) is 9.59. The molecule has 0 spiro atoms. The van der Waals surface area contributed by atoms with Crippen LogP contribution in [0.2, 0.25) is 0 Å². The zero-order valence-corrected chi connectivity index (χ0v) is 15.6. The van der Waals surface area contributed by atoms with Crippen molar-refractivity contribution in [1.82, 2.24) is 29.5 Å². The molecule has 0 aromatic carbocycles. The molecule has 0 aliphatic heterocycles. The first kappa shape index (κ1) is 16.2. The van der Waals surface area contributed by atoms with Crippen LogP contribution in [0.25, 0.3) is 16.8 Å². The van der Waals surface area contributed by atoms with Gasteiger partial charge < -0.3 is 10.3 Å². The molecule has 0 saturated heterocycles. The normalized spacial score (nSPS) is 22.7. The molecule has 1 aliphatic rings. The molecule has 2 N–H and O–H groups in total. The van der Waals surface area contributed by atoms with Crippen LogP contribution < -0.4 is 5.32 Å². The molecular weight excluding hydrogens is 338 g/mol. The molecule has 5 rings (SSSR count). The maximum Gasteiger partial charge on any atom is 0.179 e. The minimum absolute atomic E-state index is 0.369. The van der Waals surface area contributed by atoms with Crippen molar-refractivity contribution in [2.75, 3.05) is 5.32 Å². The summed E-state index contributed by atoms with van der Waals surface area (Å²) in [5, 5.41) is 12.6. The summed E-state index contributed by atoms with van der Waals surface area (Å²) < 4.78 is 2.17. The third-order valence-electron chi connectivity index (χ3n) is 5.78. The van der Waals surface area contributed by atoms with Crippen molar-refractivity contribution in [3.8, 4) is 0 Å². The molecule has 138 valence electrons. The minimum atomic E-state index is 0.369. The van der Waals surface area contributed by atoms with Gasteiger partial charge in [-0.05, 0) is 43.4 Å².